The molecule has 1 aromatic carbocycles. The van der Waals surface area contributed by atoms with Gasteiger partial charge in [-0.1, -0.05) is 30.0 Å². The molecule has 0 aliphatic carbocycles. The molecule has 8 heteroatoms. The number of para-hydroxylation sites is 1. The number of ether oxygens (including phenoxy) is 1. The van der Waals surface area contributed by atoms with Gasteiger partial charge in [-0.05, 0) is 30.5 Å². The molecule has 27 heavy (non-hydrogen) atoms. The van der Waals surface area contributed by atoms with Crippen molar-refractivity contribution in [1.82, 2.24) is 14.9 Å². The van der Waals surface area contributed by atoms with Crippen molar-refractivity contribution in [2.75, 3.05) is 19.5 Å². The average molecular weight is 404 g/mol. The van der Waals surface area contributed by atoms with Crippen molar-refractivity contribution < 1.29 is 9.53 Å². The van der Waals surface area contributed by atoms with E-state index in [1.54, 1.807) is 29.1 Å². The molecule has 2 heterocycles. The van der Waals surface area contributed by atoms with Gasteiger partial charge < -0.3 is 10.1 Å². The smallest absolute Gasteiger partial charge is 0.262 e. The maximum atomic E-state index is 12.9. The molecule has 0 bridgehead atoms. The SMILES string of the molecule is COC[C@H](C)n1c(SCC(=O)NCc2cccs2)nc2ccccc2c1=O. The van der Waals surface area contributed by atoms with Crippen molar-refractivity contribution >= 4 is 39.9 Å². The third-order valence-corrected chi connectivity index (χ3v) is 5.83. The van der Waals surface area contributed by atoms with E-state index in [9.17, 15) is 9.59 Å². The molecule has 3 aromatic rings. The Kier molecular flexibility index (Phi) is 6.65. The summed E-state index contributed by atoms with van der Waals surface area (Å²) in [5.74, 6) is 0.0947. The number of methoxy groups -OCH3 is 1. The van der Waals surface area contributed by atoms with Crippen LogP contribution in [0.15, 0.2) is 51.7 Å². The van der Waals surface area contributed by atoms with Gasteiger partial charge in [-0.15, -0.1) is 11.3 Å². The second-order valence-electron chi connectivity index (χ2n) is 6.04. The van der Waals surface area contributed by atoms with Crippen LogP contribution in [0.3, 0.4) is 0 Å². The Morgan fingerprint density at radius 3 is 2.89 bits per heavy atom. The highest BCUT2D eigenvalue weighted by atomic mass is 32.2. The monoisotopic (exact) mass is 403 g/mol. The number of fused-ring (bicyclic) bond motifs is 1. The summed E-state index contributed by atoms with van der Waals surface area (Å²) in [6.07, 6.45) is 0. The molecule has 1 atom stereocenters. The molecule has 0 fully saturated rings. The maximum Gasteiger partial charge on any atom is 0.262 e. The van der Waals surface area contributed by atoms with E-state index < -0.39 is 0 Å². The summed E-state index contributed by atoms with van der Waals surface area (Å²) in [6.45, 7) is 2.80. The molecule has 6 nitrogen and oxygen atoms in total. The molecule has 0 radical (unpaired) electrons. The number of rotatable bonds is 8. The Hall–Kier alpha value is -2.16. The Morgan fingerprint density at radius 2 is 2.15 bits per heavy atom. The third kappa shape index (κ3) is 4.77. The zero-order chi connectivity index (χ0) is 19.2. The van der Waals surface area contributed by atoms with Crippen LogP contribution >= 0.6 is 23.1 Å². The van der Waals surface area contributed by atoms with E-state index >= 15 is 0 Å². The first kappa shape index (κ1) is 19.6. The minimum atomic E-state index is -0.184. The van der Waals surface area contributed by atoms with Crippen LogP contribution in [0.25, 0.3) is 10.9 Å². The molecule has 0 unspecified atom stereocenters. The molecule has 0 aliphatic heterocycles. The van der Waals surface area contributed by atoms with Crippen molar-refractivity contribution in [3.63, 3.8) is 0 Å². The molecule has 0 spiro atoms. The Balaban J connectivity index is 1.80. The van der Waals surface area contributed by atoms with Crippen molar-refractivity contribution in [1.29, 1.82) is 0 Å². The number of hydrogen-bond donors (Lipinski definition) is 1. The number of hydrogen-bond acceptors (Lipinski definition) is 6. The van der Waals surface area contributed by atoms with Gasteiger partial charge in [0, 0.05) is 12.0 Å². The summed E-state index contributed by atoms with van der Waals surface area (Å²) in [6, 6.07) is 11.0. The molecular formula is C19H21N3O3S2. The lowest BCUT2D eigenvalue weighted by atomic mass is 10.2. The highest BCUT2D eigenvalue weighted by Gasteiger charge is 2.17. The normalized spacial score (nSPS) is 12.2. The number of carbonyl (C=O) groups is 1. The summed E-state index contributed by atoms with van der Waals surface area (Å²) in [4.78, 5) is 30.9. The first-order chi connectivity index (χ1) is 13.1. The second-order valence-corrected chi connectivity index (χ2v) is 8.01. The Bertz CT molecular complexity index is 970. The number of aromatic nitrogens is 2. The van der Waals surface area contributed by atoms with E-state index in [0.717, 1.165) is 4.88 Å². The van der Waals surface area contributed by atoms with Crippen molar-refractivity contribution in [3.8, 4) is 0 Å². The molecule has 1 amide bonds. The Labute approximate surface area is 165 Å². The van der Waals surface area contributed by atoms with Gasteiger partial charge in [0.15, 0.2) is 5.16 Å². The Morgan fingerprint density at radius 1 is 1.33 bits per heavy atom. The standard InChI is InChI=1S/C19H21N3O3S2/c1-13(11-25-2)22-18(24)15-7-3-4-8-16(15)21-19(22)27-12-17(23)20-10-14-6-5-9-26-14/h3-9,13H,10-12H2,1-2H3,(H,20,23)/t13-/m0/s1. The lowest BCUT2D eigenvalue weighted by Gasteiger charge is -2.18. The van der Waals surface area contributed by atoms with Gasteiger partial charge in [-0.3, -0.25) is 14.2 Å². The van der Waals surface area contributed by atoms with Crippen molar-refractivity contribution in [2.45, 2.75) is 24.7 Å². The lowest BCUT2D eigenvalue weighted by molar-refractivity contribution is -0.118. The number of thioether (sulfide) groups is 1. The van der Waals surface area contributed by atoms with Gasteiger partial charge in [0.2, 0.25) is 5.91 Å². The van der Waals surface area contributed by atoms with Gasteiger partial charge in [-0.2, -0.15) is 0 Å². The van der Waals surface area contributed by atoms with Crippen LogP contribution in [0, 0.1) is 0 Å². The number of carbonyl (C=O) groups excluding carboxylic acids is 1. The minimum absolute atomic E-state index is 0.0956. The van der Waals surface area contributed by atoms with Gasteiger partial charge in [0.25, 0.3) is 5.56 Å². The fourth-order valence-corrected chi connectivity index (χ4v) is 4.28. The van der Waals surface area contributed by atoms with E-state index in [1.165, 1.54) is 11.8 Å². The second kappa shape index (κ2) is 9.16. The van der Waals surface area contributed by atoms with Gasteiger partial charge in [-0.25, -0.2) is 4.98 Å². The fraction of sp³-hybridized carbons (Fsp3) is 0.316. The van der Waals surface area contributed by atoms with Gasteiger partial charge >= 0.3 is 0 Å². The predicted molar refractivity (Wildman–Crippen MR) is 109 cm³/mol. The van der Waals surface area contributed by atoms with E-state index in [2.05, 4.69) is 10.3 Å². The maximum absolute atomic E-state index is 12.9. The third-order valence-electron chi connectivity index (χ3n) is 4.00. The molecule has 1 N–H and O–H groups in total. The molecular weight excluding hydrogens is 382 g/mol. The predicted octanol–water partition coefficient (Wildman–Crippen LogP) is 3.07. The highest BCUT2D eigenvalue weighted by Crippen LogP contribution is 2.21. The van der Waals surface area contributed by atoms with Gasteiger partial charge in [0.1, 0.15) is 0 Å². The number of nitrogens with one attached hydrogen (secondary N) is 1. The molecule has 142 valence electrons. The highest BCUT2D eigenvalue weighted by molar-refractivity contribution is 7.99. The molecule has 2 aromatic heterocycles. The van der Waals surface area contributed by atoms with E-state index in [0.29, 0.717) is 29.2 Å². The summed E-state index contributed by atoms with van der Waals surface area (Å²) >= 11 is 2.86. The van der Waals surface area contributed by atoms with E-state index in [-0.39, 0.29) is 23.3 Å². The summed E-state index contributed by atoms with van der Waals surface area (Å²) in [5, 5.41) is 5.95. The number of nitrogens with zero attached hydrogens (tertiary/aromatic N) is 2. The van der Waals surface area contributed by atoms with Gasteiger partial charge in [0.05, 0.1) is 35.8 Å². The zero-order valence-electron chi connectivity index (χ0n) is 15.2. The molecule has 0 aliphatic rings. The van der Waals surface area contributed by atoms with E-state index in [4.69, 9.17) is 4.74 Å². The number of benzene rings is 1. The topological polar surface area (TPSA) is 73.2 Å². The number of thiophene rings is 1. The minimum Gasteiger partial charge on any atom is -0.383 e. The zero-order valence-corrected chi connectivity index (χ0v) is 16.8. The summed E-state index contributed by atoms with van der Waals surface area (Å²) in [5.41, 5.74) is 0.511. The van der Waals surface area contributed by atoms with Crippen LogP contribution in [-0.2, 0) is 16.1 Å². The number of amides is 1. The molecule has 0 saturated heterocycles. The van der Waals surface area contributed by atoms with Crippen LogP contribution < -0.4 is 10.9 Å². The van der Waals surface area contributed by atoms with Crippen LogP contribution in [0.4, 0.5) is 0 Å². The van der Waals surface area contributed by atoms with Crippen molar-refractivity contribution in [2.24, 2.45) is 0 Å². The largest absolute Gasteiger partial charge is 0.383 e. The lowest BCUT2D eigenvalue weighted by Crippen LogP contribution is -2.29. The average Bonchev–Trinajstić information content (AvgIpc) is 3.18. The van der Waals surface area contributed by atoms with Crippen LogP contribution in [0.5, 0.6) is 0 Å². The fourth-order valence-electron chi connectivity index (χ4n) is 2.71. The van der Waals surface area contributed by atoms with Crippen LogP contribution in [-0.4, -0.2) is 34.9 Å². The van der Waals surface area contributed by atoms with E-state index in [1.807, 2.05) is 42.6 Å². The summed E-state index contributed by atoms with van der Waals surface area (Å²) in [7, 11) is 1.60. The quantitative estimate of drug-likeness (QED) is 0.462. The molecule has 3 rings (SSSR count). The van der Waals surface area contributed by atoms with Crippen molar-refractivity contribution in [3.05, 3.63) is 57.0 Å². The molecule has 0 saturated carbocycles. The summed E-state index contributed by atoms with van der Waals surface area (Å²) < 4.78 is 6.82. The first-order valence-electron chi connectivity index (χ1n) is 8.52. The van der Waals surface area contributed by atoms with Crippen LogP contribution in [0.2, 0.25) is 0 Å². The first-order valence-corrected chi connectivity index (χ1v) is 10.4. The van der Waals surface area contributed by atoms with Crippen LogP contribution in [0.1, 0.15) is 17.8 Å².